The molecule has 2 N–H and O–H groups in total. The summed E-state index contributed by atoms with van der Waals surface area (Å²) in [6, 6.07) is 4.87. The van der Waals surface area contributed by atoms with Crippen LogP contribution in [0, 0.1) is 6.92 Å². The van der Waals surface area contributed by atoms with E-state index in [1.165, 1.54) is 38.8 Å². The molecular weight excluding hydrogens is 250 g/mol. The fraction of sp³-hybridized carbons (Fsp3) is 0.750. The Morgan fingerprint density at radius 1 is 1.45 bits per heavy atom. The maximum Gasteiger partial charge on any atom is 0.118 e. The molecule has 2 fully saturated rings. The lowest BCUT2D eigenvalue weighted by molar-refractivity contribution is 0.0185. The van der Waals surface area contributed by atoms with E-state index in [4.69, 9.17) is 10.2 Å². The van der Waals surface area contributed by atoms with E-state index >= 15 is 0 Å². The van der Waals surface area contributed by atoms with Crippen molar-refractivity contribution in [3.8, 4) is 0 Å². The zero-order valence-corrected chi connectivity index (χ0v) is 12.8. The van der Waals surface area contributed by atoms with E-state index in [1.807, 2.05) is 13.0 Å². The second kappa shape index (κ2) is 5.51. The summed E-state index contributed by atoms with van der Waals surface area (Å²) < 4.78 is 5.73. The van der Waals surface area contributed by atoms with Crippen molar-refractivity contribution >= 4 is 0 Å². The van der Waals surface area contributed by atoms with Crippen LogP contribution in [0.4, 0.5) is 0 Å². The molecule has 4 nitrogen and oxygen atoms in total. The van der Waals surface area contributed by atoms with Crippen molar-refractivity contribution in [1.29, 1.82) is 0 Å². The summed E-state index contributed by atoms with van der Waals surface area (Å²) in [5.41, 5.74) is 6.34. The number of hydrogen-bond donors (Lipinski definition) is 1. The second-order valence-electron chi connectivity index (χ2n) is 6.58. The Morgan fingerprint density at radius 3 is 3.00 bits per heavy atom. The first-order chi connectivity index (χ1) is 9.63. The smallest absolute Gasteiger partial charge is 0.118 e. The molecule has 0 aromatic carbocycles. The van der Waals surface area contributed by atoms with Crippen LogP contribution in [-0.4, -0.2) is 48.1 Å². The summed E-state index contributed by atoms with van der Waals surface area (Å²) in [5.74, 6) is 2.03. The minimum Gasteiger partial charge on any atom is -0.465 e. The lowest BCUT2D eigenvalue weighted by atomic mass is 9.82. The zero-order valence-electron chi connectivity index (χ0n) is 12.8. The molecule has 4 heteroatoms. The average Bonchev–Trinajstić information content (AvgIpc) is 3.06. The first-order valence-corrected chi connectivity index (χ1v) is 7.84. The number of hydrogen-bond acceptors (Lipinski definition) is 4. The van der Waals surface area contributed by atoms with Crippen molar-refractivity contribution in [2.75, 3.05) is 26.7 Å². The van der Waals surface area contributed by atoms with Crippen molar-refractivity contribution in [2.24, 2.45) is 5.73 Å². The molecule has 2 atom stereocenters. The van der Waals surface area contributed by atoms with Gasteiger partial charge in [-0.15, -0.1) is 0 Å². The van der Waals surface area contributed by atoms with E-state index < -0.39 is 0 Å². The third-order valence-electron chi connectivity index (χ3n) is 5.36. The lowest BCUT2D eigenvalue weighted by Crippen LogP contribution is -2.59. The van der Waals surface area contributed by atoms with Gasteiger partial charge in [-0.25, -0.2) is 0 Å². The summed E-state index contributed by atoms with van der Waals surface area (Å²) in [4.78, 5) is 5.08. The van der Waals surface area contributed by atoms with Gasteiger partial charge in [0.2, 0.25) is 0 Å². The summed E-state index contributed by atoms with van der Waals surface area (Å²) in [5, 5.41) is 0. The average molecular weight is 277 g/mol. The molecule has 3 rings (SSSR count). The summed E-state index contributed by atoms with van der Waals surface area (Å²) in [6.07, 6.45) is 5.08. The topological polar surface area (TPSA) is 45.6 Å². The summed E-state index contributed by atoms with van der Waals surface area (Å²) >= 11 is 0. The monoisotopic (exact) mass is 277 g/mol. The molecule has 0 aliphatic carbocycles. The van der Waals surface area contributed by atoms with Gasteiger partial charge in [0.25, 0.3) is 0 Å². The molecular formula is C16H27N3O. The quantitative estimate of drug-likeness (QED) is 0.914. The fourth-order valence-corrected chi connectivity index (χ4v) is 3.97. The van der Waals surface area contributed by atoms with Gasteiger partial charge in [-0.1, -0.05) is 0 Å². The Hall–Kier alpha value is -0.840. The predicted octanol–water partition coefficient (Wildman–Crippen LogP) is 1.98. The molecule has 1 aromatic rings. The lowest BCUT2D eigenvalue weighted by Gasteiger charge is -2.48. The Morgan fingerprint density at radius 2 is 2.30 bits per heavy atom. The van der Waals surface area contributed by atoms with Crippen molar-refractivity contribution in [2.45, 2.75) is 50.7 Å². The van der Waals surface area contributed by atoms with Gasteiger partial charge in [0.15, 0.2) is 0 Å². The van der Waals surface area contributed by atoms with Gasteiger partial charge in [0, 0.05) is 24.7 Å². The number of fused-ring (bicyclic) bond motifs is 1. The number of rotatable bonds is 4. The summed E-state index contributed by atoms with van der Waals surface area (Å²) in [6.45, 7) is 6.08. The highest BCUT2D eigenvalue weighted by molar-refractivity contribution is 5.08. The largest absolute Gasteiger partial charge is 0.465 e. The number of likely N-dealkylation sites (N-methyl/N-ethyl adjacent to an activating group) is 1. The first kappa shape index (κ1) is 14.1. The molecule has 1 aromatic heterocycles. The third-order valence-corrected chi connectivity index (χ3v) is 5.36. The van der Waals surface area contributed by atoms with Crippen LogP contribution in [0.2, 0.25) is 0 Å². The highest BCUT2D eigenvalue weighted by Gasteiger charge is 2.43. The van der Waals surface area contributed by atoms with Crippen molar-refractivity contribution in [3.63, 3.8) is 0 Å². The van der Waals surface area contributed by atoms with Gasteiger partial charge < -0.3 is 15.1 Å². The molecule has 0 spiro atoms. The number of nitrogens with zero attached hydrogens (tertiary/aromatic N) is 2. The molecule has 0 radical (unpaired) electrons. The van der Waals surface area contributed by atoms with E-state index in [1.54, 1.807) is 0 Å². The molecule has 2 saturated heterocycles. The normalized spacial score (nSPS) is 30.9. The van der Waals surface area contributed by atoms with Crippen LogP contribution in [0.3, 0.4) is 0 Å². The Labute approximate surface area is 121 Å². The van der Waals surface area contributed by atoms with Crippen LogP contribution in [0.25, 0.3) is 0 Å². The zero-order chi connectivity index (χ0) is 14.2. The van der Waals surface area contributed by atoms with Crippen LogP contribution in [0.15, 0.2) is 16.5 Å². The van der Waals surface area contributed by atoms with Crippen LogP contribution in [0.5, 0.6) is 0 Å². The van der Waals surface area contributed by atoms with Gasteiger partial charge >= 0.3 is 0 Å². The van der Waals surface area contributed by atoms with Gasteiger partial charge in [0.05, 0.1) is 6.54 Å². The molecule has 2 aliphatic rings. The minimum atomic E-state index is 0.145. The molecule has 0 bridgehead atoms. The molecule has 2 unspecified atom stereocenters. The van der Waals surface area contributed by atoms with E-state index in [-0.39, 0.29) is 5.54 Å². The Balaban J connectivity index is 1.71. The van der Waals surface area contributed by atoms with Crippen LogP contribution >= 0.6 is 0 Å². The number of nitrogens with two attached hydrogens (primary N) is 1. The Bertz CT molecular complexity index is 458. The molecule has 0 amide bonds. The van der Waals surface area contributed by atoms with Crippen molar-refractivity contribution in [1.82, 2.24) is 9.80 Å². The van der Waals surface area contributed by atoms with Crippen molar-refractivity contribution < 1.29 is 4.42 Å². The number of aryl methyl sites for hydroxylation is 1. The van der Waals surface area contributed by atoms with Gasteiger partial charge in [-0.05, 0) is 58.3 Å². The summed E-state index contributed by atoms with van der Waals surface area (Å²) in [7, 11) is 2.20. The van der Waals surface area contributed by atoms with Gasteiger partial charge in [0.1, 0.15) is 11.5 Å². The van der Waals surface area contributed by atoms with Gasteiger partial charge in [-0.3, -0.25) is 4.90 Å². The van der Waals surface area contributed by atoms with E-state index in [2.05, 4.69) is 22.9 Å². The molecule has 2 aliphatic heterocycles. The second-order valence-corrected chi connectivity index (χ2v) is 6.58. The standard InChI is InChI=1S/C16H27N3O/c1-13-5-6-15(20-13)11-18(2)16(12-17)7-9-19-8-3-4-14(19)10-16/h5-6,14H,3-4,7-12,17H2,1-2H3. The first-order valence-electron chi connectivity index (χ1n) is 7.84. The molecule has 20 heavy (non-hydrogen) atoms. The van der Waals surface area contributed by atoms with Crippen LogP contribution < -0.4 is 5.73 Å². The van der Waals surface area contributed by atoms with E-state index in [0.29, 0.717) is 0 Å². The van der Waals surface area contributed by atoms with Crippen LogP contribution in [-0.2, 0) is 6.54 Å². The molecule has 0 saturated carbocycles. The number of furan rings is 1. The molecule has 3 heterocycles. The van der Waals surface area contributed by atoms with E-state index in [0.717, 1.165) is 30.7 Å². The predicted molar refractivity (Wildman–Crippen MR) is 80.5 cm³/mol. The maximum absolute atomic E-state index is 6.19. The SMILES string of the molecule is Cc1ccc(CN(C)C2(CN)CCN3CCCC3C2)o1. The van der Waals surface area contributed by atoms with Gasteiger partial charge in [-0.2, -0.15) is 0 Å². The Kier molecular flexibility index (Phi) is 3.89. The maximum atomic E-state index is 6.19. The van der Waals surface area contributed by atoms with Crippen molar-refractivity contribution in [3.05, 3.63) is 23.7 Å². The number of piperidine rings is 1. The van der Waals surface area contributed by atoms with Crippen LogP contribution in [0.1, 0.15) is 37.2 Å². The van der Waals surface area contributed by atoms with E-state index in [9.17, 15) is 0 Å². The minimum absolute atomic E-state index is 0.145. The highest BCUT2D eigenvalue weighted by atomic mass is 16.3. The molecule has 112 valence electrons. The highest BCUT2D eigenvalue weighted by Crippen LogP contribution is 2.36. The third kappa shape index (κ3) is 2.52. The fourth-order valence-electron chi connectivity index (χ4n) is 3.97.